The van der Waals surface area contributed by atoms with Gasteiger partial charge in [0.25, 0.3) is 0 Å². The van der Waals surface area contributed by atoms with Crippen LogP contribution in [0.25, 0.3) is 0 Å². The van der Waals surface area contributed by atoms with E-state index in [9.17, 15) is 0 Å². The molecule has 14 heavy (non-hydrogen) atoms. The largest absolute Gasteiger partial charge is 0.350 e. The monoisotopic (exact) mass is 192 g/mol. The molecule has 1 aliphatic heterocycles. The Balaban J connectivity index is 2.22. The maximum Gasteiger partial charge on any atom is 0.150 e. The van der Waals surface area contributed by atoms with Crippen molar-refractivity contribution in [1.82, 2.24) is 15.3 Å². The Hall–Kier alpha value is -1.16. The molecule has 0 aliphatic carbocycles. The van der Waals surface area contributed by atoms with Gasteiger partial charge in [0, 0.05) is 32.0 Å². The van der Waals surface area contributed by atoms with Crippen LogP contribution in [0.3, 0.4) is 0 Å². The average Bonchev–Trinajstić information content (AvgIpc) is 2.12. The number of aromatic nitrogens is 2. The molecular formula is C10H16N4. The van der Waals surface area contributed by atoms with Gasteiger partial charge < -0.3 is 10.2 Å². The van der Waals surface area contributed by atoms with Gasteiger partial charge in [-0.15, -0.1) is 0 Å². The molecule has 0 aromatic carbocycles. The molecule has 0 atom stereocenters. The van der Waals surface area contributed by atoms with E-state index in [1.165, 1.54) is 0 Å². The topological polar surface area (TPSA) is 41.1 Å². The van der Waals surface area contributed by atoms with E-state index in [0.717, 1.165) is 31.1 Å². The van der Waals surface area contributed by atoms with Crippen molar-refractivity contribution in [2.75, 3.05) is 24.5 Å². The standard InChI is InChI=1S/C10H16N4/c1-3-14(9-6-11-7-9)10-8(2)12-4-5-13-10/h4-5,9,11H,3,6-7H2,1-2H3. The first-order valence-electron chi connectivity index (χ1n) is 5.08. The molecule has 4 heteroatoms. The van der Waals surface area contributed by atoms with Crippen molar-refractivity contribution in [2.45, 2.75) is 19.9 Å². The molecule has 0 saturated carbocycles. The molecule has 0 radical (unpaired) electrons. The highest BCUT2D eigenvalue weighted by atomic mass is 15.3. The summed E-state index contributed by atoms with van der Waals surface area (Å²) in [6.45, 7) is 7.28. The van der Waals surface area contributed by atoms with Gasteiger partial charge in [0.1, 0.15) is 5.82 Å². The highest BCUT2D eigenvalue weighted by Crippen LogP contribution is 2.18. The molecular weight excluding hydrogens is 176 g/mol. The van der Waals surface area contributed by atoms with E-state index in [2.05, 4.69) is 27.1 Å². The fraction of sp³-hybridized carbons (Fsp3) is 0.600. The number of nitrogens with zero attached hydrogens (tertiary/aromatic N) is 3. The summed E-state index contributed by atoms with van der Waals surface area (Å²) in [6.07, 6.45) is 3.50. The van der Waals surface area contributed by atoms with Crippen molar-refractivity contribution in [3.63, 3.8) is 0 Å². The fourth-order valence-electron chi connectivity index (χ4n) is 1.76. The SMILES string of the molecule is CCN(c1nccnc1C)C1CNC1. The quantitative estimate of drug-likeness (QED) is 0.760. The van der Waals surface area contributed by atoms with Gasteiger partial charge in [0.05, 0.1) is 11.7 Å². The molecule has 0 unspecified atom stereocenters. The number of hydrogen-bond donors (Lipinski definition) is 1. The summed E-state index contributed by atoms with van der Waals surface area (Å²) in [5, 5.41) is 3.28. The summed E-state index contributed by atoms with van der Waals surface area (Å²) in [5.41, 5.74) is 1.02. The third-order valence-corrected chi connectivity index (χ3v) is 2.67. The molecule has 0 amide bonds. The highest BCUT2D eigenvalue weighted by molar-refractivity contribution is 5.44. The van der Waals surface area contributed by atoms with Crippen LogP contribution in [0.1, 0.15) is 12.6 Å². The van der Waals surface area contributed by atoms with E-state index in [1.54, 1.807) is 12.4 Å². The van der Waals surface area contributed by atoms with Crippen molar-refractivity contribution in [1.29, 1.82) is 0 Å². The van der Waals surface area contributed by atoms with E-state index in [4.69, 9.17) is 0 Å². The zero-order valence-corrected chi connectivity index (χ0v) is 8.70. The van der Waals surface area contributed by atoms with Crippen molar-refractivity contribution in [3.8, 4) is 0 Å². The highest BCUT2D eigenvalue weighted by Gasteiger charge is 2.25. The van der Waals surface area contributed by atoms with Crippen LogP contribution in [0.2, 0.25) is 0 Å². The predicted octanol–water partition coefficient (Wildman–Crippen LogP) is 0.583. The lowest BCUT2D eigenvalue weighted by Crippen LogP contribution is -2.57. The van der Waals surface area contributed by atoms with E-state index in [-0.39, 0.29) is 0 Å². The van der Waals surface area contributed by atoms with Gasteiger partial charge in [0.15, 0.2) is 0 Å². The number of nitrogens with one attached hydrogen (secondary N) is 1. The number of likely N-dealkylation sites (N-methyl/N-ethyl adjacent to an activating group) is 1. The normalized spacial score (nSPS) is 16.4. The summed E-state index contributed by atoms with van der Waals surface area (Å²) in [5.74, 6) is 1.03. The molecule has 1 N–H and O–H groups in total. The first kappa shape index (κ1) is 9.40. The van der Waals surface area contributed by atoms with Crippen molar-refractivity contribution in [3.05, 3.63) is 18.1 Å². The maximum absolute atomic E-state index is 4.39. The Kier molecular flexibility index (Phi) is 2.63. The second-order valence-electron chi connectivity index (χ2n) is 3.56. The molecule has 1 saturated heterocycles. The van der Waals surface area contributed by atoms with Gasteiger partial charge in [-0.2, -0.15) is 0 Å². The van der Waals surface area contributed by atoms with E-state index in [1.807, 2.05) is 6.92 Å². The van der Waals surface area contributed by atoms with Crippen LogP contribution in [0.5, 0.6) is 0 Å². The van der Waals surface area contributed by atoms with Crippen molar-refractivity contribution >= 4 is 5.82 Å². The first-order chi connectivity index (χ1) is 6.83. The van der Waals surface area contributed by atoms with Crippen LogP contribution in [-0.2, 0) is 0 Å². The van der Waals surface area contributed by atoms with Gasteiger partial charge in [-0.3, -0.25) is 4.98 Å². The Morgan fingerprint density at radius 2 is 2.14 bits per heavy atom. The minimum atomic E-state index is 0.593. The van der Waals surface area contributed by atoms with Crippen LogP contribution in [0.4, 0.5) is 5.82 Å². The number of hydrogen-bond acceptors (Lipinski definition) is 4. The van der Waals surface area contributed by atoms with Gasteiger partial charge in [-0.1, -0.05) is 0 Å². The third kappa shape index (κ3) is 1.57. The first-order valence-corrected chi connectivity index (χ1v) is 5.08. The van der Waals surface area contributed by atoms with Gasteiger partial charge >= 0.3 is 0 Å². The second-order valence-corrected chi connectivity index (χ2v) is 3.56. The summed E-state index contributed by atoms with van der Waals surface area (Å²) in [4.78, 5) is 11.0. The summed E-state index contributed by atoms with van der Waals surface area (Å²) in [6, 6.07) is 0.593. The van der Waals surface area contributed by atoms with Crippen molar-refractivity contribution < 1.29 is 0 Å². The number of rotatable bonds is 3. The molecule has 0 spiro atoms. The van der Waals surface area contributed by atoms with E-state index < -0.39 is 0 Å². The van der Waals surface area contributed by atoms with Crippen LogP contribution in [0.15, 0.2) is 12.4 Å². The molecule has 2 rings (SSSR count). The van der Waals surface area contributed by atoms with Gasteiger partial charge in [-0.25, -0.2) is 4.98 Å². The molecule has 2 heterocycles. The minimum Gasteiger partial charge on any atom is -0.350 e. The van der Waals surface area contributed by atoms with E-state index in [0.29, 0.717) is 6.04 Å². The average molecular weight is 192 g/mol. The lowest BCUT2D eigenvalue weighted by atomic mass is 10.1. The molecule has 1 aromatic heterocycles. The van der Waals surface area contributed by atoms with Crippen LogP contribution in [0, 0.1) is 6.92 Å². The number of aryl methyl sites for hydroxylation is 1. The van der Waals surface area contributed by atoms with Crippen LogP contribution < -0.4 is 10.2 Å². The zero-order valence-electron chi connectivity index (χ0n) is 8.70. The Labute approximate surface area is 84.4 Å². The minimum absolute atomic E-state index is 0.593. The van der Waals surface area contributed by atoms with Crippen LogP contribution in [-0.4, -0.2) is 35.6 Å². The van der Waals surface area contributed by atoms with E-state index >= 15 is 0 Å². The zero-order chi connectivity index (χ0) is 9.97. The Bertz CT molecular complexity index is 309. The summed E-state index contributed by atoms with van der Waals surface area (Å²) >= 11 is 0. The van der Waals surface area contributed by atoms with Gasteiger partial charge in [0.2, 0.25) is 0 Å². The van der Waals surface area contributed by atoms with Crippen LogP contribution >= 0.6 is 0 Å². The molecule has 1 aromatic rings. The maximum atomic E-state index is 4.39. The van der Waals surface area contributed by atoms with Crippen molar-refractivity contribution in [2.24, 2.45) is 0 Å². The lowest BCUT2D eigenvalue weighted by molar-refractivity contribution is 0.414. The lowest BCUT2D eigenvalue weighted by Gasteiger charge is -2.38. The smallest absolute Gasteiger partial charge is 0.150 e. The molecule has 1 fully saturated rings. The Morgan fingerprint density at radius 3 is 2.64 bits per heavy atom. The molecule has 4 nitrogen and oxygen atoms in total. The molecule has 1 aliphatic rings. The van der Waals surface area contributed by atoms with Gasteiger partial charge in [-0.05, 0) is 13.8 Å². The fourth-order valence-corrected chi connectivity index (χ4v) is 1.76. The third-order valence-electron chi connectivity index (χ3n) is 2.67. The Morgan fingerprint density at radius 1 is 1.43 bits per heavy atom. The predicted molar refractivity (Wildman–Crippen MR) is 56.4 cm³/mol. The number of anilines is 1. The summed E-state index contributed by atoms with van der Waals surface area (Å²) in [7, 11) is 0. The molecule has 76 valence electrons. The second kappa shape index (κ2) is 3.92. The molecule has 0 bridgehead atoms. The summed E-state index contributed by atoms with van der Waals surface area (Å²) < 4.78 is 0.